The number of aromatic nitrogens is 1. The molecular formula is C12H19N3O2S2. The molecular weight excluding hydrogens is 282 g/mol. The smallest absolute Gasteiger partial charge is 0.221 e. The molecule has 1 amide bonds. The fourth-order valence-corrected chi connectivity index (χ4v) is 3.98. The van der Waals surface area contributed by atoms with Crippen LogP contribution in [0.4, 0.5) is 0 Å². The standard InChI is InChI=1S/C12H19N3O2S2/c1-10-6-11(14-17-10)7-13-12(16)2-3-15-8-18-4-5-19-9-15/h6H,2-5,7-9H2,1H3,(H,13,16). The Labute approximate surface area is 121 Å². The van der Waals surface area contributed by atoms with E-state index in [0.29, 0.717) is 13.0 Å². The number of hydrogen-bond acceptors (Lipinski definition) is 6. The van der Waals surface area contributed by atoms with Crippen LogP contribution in [0.2, 0.25) is 0 Å². The first-order valence-corrected chi connectivity index (χ1v) is 8.62. The van der Waals surface area contributed by atoms with Crippen LogP contribution in [0.1, 0.15) is 17.9 Å². The lowest BCUT2D eigenvalue weighted by molar-refractivity contribution is -0.121. The number of rotatable bonds is 5. The first kappa shape index (κ1) is 14.7. The molecule has 1 fully saturated rings. The Kier molecular flexibility index (Phi) is 6.06. The highest BCUT2D eigenvalue weighted by atomic mass is 32.2. The molecule has 19 heavy (non-hydrogen) atoms. The molecule has 1 saturated heterocycles. The Hall–Kier alpha value is -0.660. The molecule has 0 spiro atoms. The Balaban J connectivity index is 1.63. The summed E-state index contributed by atoms with van der Waals surface area (Å²) in [5, 5.41) is 6.71. The normalized spacial score (nSPS) is 17.1. The van der Waals surface area contributed by atoms with Crippen molar-refractivity contribution in [2.24, 2.45) is 0 Å². The third-order valence-electron chi connectivity index (χ3n) is 2.72. The van der Waals surface area contributed by atoms with Crippen LogP contribution in [0.3, 0.4) is 0 Å². The molecule has 1 aliphatic rings. The predicted molar refractivity (Wildman–Crippen MR) is 79.1 cm³/mol. The maximum Gasteiger partial charge on any atom is 0.221 e. The molecule has 0 radical (unpaired) electrons. The van der Waals surface area contributed by atoms with Gasteiger partial charge in [-0.1, -0.05) is 5.16 Å². The molecule has 1 N–H and O–H groups in total. The van der Waals surface area contributed by atoms with Gasteiger partial charge in [-0.05, 0) is 6.92 Å². The Morgan fingerprint density at radius 1 is 1.47 bits per heavy atom. The minimum absolute atomic E-state index is 0.0694. The number of carbonyl (C=O) groups excluding carboxylic acids is 1. The second kappa shape index (κ2) is 7.81. The second-order valence-electron chi connectivity index (χ2n) is 4.42. The highest BCUT2D eigenvalue weighted by Gasteiger charge is 2.11. The maximum absolute atomic E-state index is 11.7. The van der Waals surface area contributed by atoms with Crippen molar-refractivity contribution in [3.8, 4) is 0 Å². The van der Waals surface area contributed by atoms with Crippen molar-refractivity contribution in [2.45, 2.75) is 19.9 Å². The van der Waals surface area contributed by atoms with Crippen molar-refractivity contribution < 1.29 is 9.32 Å². The zero-order chi connectivity index (χ0) is 13.5. The van der Waals surface area contributed by atoms with E-state index in [4.69, 9.17) is 4.52 Å². The van der Waals surface area contributed by atoms with Gasteiger partial charge >= 0.3 is 0 Å². The van der Waals surface area contributed by atoms with Crippen LogP contribution in [-0.2, 0) is 11.3 Å². The summed E-state index contributed by atoms with van der Waals surface area (Å²) in [4.78, 5) is 14.1. The van der Waals surface area contributed by atoms with E-state index < -0.39 is 0 Å². The molecule has 0 unspecified atom stereocenters. The molecule has 0 bridgehead atoms. The summed E-state index contributed by atoms with van der Waals surface area (Å²) >= 11 is 3.88. The first-order chi connectivity index (χ1) is 9.24. The van der Waals surface area contributed by atoms with E-state index in [0.717, 1.165) is 29.8 Å². The molecule has 106 valence electrons. The molecule has 0 aromatic carbocycles. The highest BCUT2D eigenvalue weighted by molar-refractivity contribution is 8.03. The van der Waals surface area contributed by atoms with Gasteiger partial charge in [0.1, 0.15) is 11.5 Å². The van der Waals surface area contributed by atoms with Gasteiger partial charge in [-0.2, -0.15) is 0 Å². The molecule has 1 aromatic rings. The first-order valence-electron chi connectivity index (χ1n) is 6.31. The van der Waals surface area contributed by atoms with Crippen molar-refractivity contribution >= 4 is 29.4 Å². The van der Waals surface area contributed by atoms with Gasteiger partial charge in [0.05, 0.1) is 6.54 Å². The molecule has 7 heteroatoms. The third kappa shape index (κ3) is 5.46. The summed E-state index contributed by atoms with van der Waals surface area (Å²) in [5.41, 5.74) is 0.770. The summed E-state index contributed by atoms with van der Waals surface area (Å²) < 4.78 is 4.95. The lowest BCUT2D eigenvalue weighted by Crippen LogP contribution is -2.30. The van der Waals surface area contributed by atoms with E-state index in [-0.39, 0.29) is 5.91 Å². The van der Waals surface area contributed by atoms with Gasteiger partial charge in [-0.15, -0.1) is 23.5 Å². The summed E-state index contributed by atoms with van der Waals surface area (Å²) in [7, 11) is 0. The van der Waals surface area contributed by atoms with E-state index in [9.17, 15) is 4.79 Å². The topological polar surface area (TPSA) is 58.4 Å². The fourth-order valence-electron chi connectivity index (χ4n) is 1.71. The Morgan fingerprint density at radius 3 is 2.84 bits per heavy atom. The van der Waals surface area contributed by atoms with Crippen LogP contribution in [0, 0.1) is 6.92 Å². The average molecular weight is 301 g/mol. The number of amides is 1. The van der Waals surface area contributed by atoms with Gasteiger partial charge in [0, 0.05) is 42.3 Å². The molecule has 1 aromatic heterocycles. The predicted octanol–water partition coefficient (Wildman–Crippen LogP) is 1.69. The number of hydrogen-bond donors (Lipinski definition) is 1. The van der Waals surface area contributed by atoms with Crippen LogP contribution in [0.5, 0.6) is 0 Å². The number of nitrogens with one attached hydrogen (secondary N) is 1. The Bertz CT molecular complexity index is 403. The van der Waals surface area contributed by atoms with Gasteiger partial charge in [-0.3, -0.25) is 9.69 Å². The lowest BCUT2D eigenvalue weighted by atomic mass is 10.3. The van der Waals surface area contributed by atoms with Gasteiger partial charge < -0.3 is 9.84 Å². The van der Waals surface area contributed by atoms with Gasteiger partial charge in [0.2, 0.25) is 5.91 Å². The average Bonchev–Trinajstić information content (AvgIpc) is 2.66. The lowest BCUT2D eigenvalue weighted by Gasteiger charge is -2.17. The van der Waals surface area contributed by atoms with E-state index in [2.05, 4.69) is 15.4 Å². The molecule has 2 heterocycles. The minimum atomic E-state index is 0.0694. The molecule has 0 saturated carbocycles. The largest absolute Gasteiger partial charge is 0.361 e. The molecule has 0 atom stereocenters. The van der Waals surface area contributed by atoms with E-state index in [1.165, 1.54) is 11.5 Å². The zero-order valence-corrected chi connectivity index (χ0v) is 12.7. The monoisotopic (exact) mass is 301 g/mol. The van der Waals surface area contributed by atoms with Crippen molar-refractivity contribution in [1.29, 1.82) is 0 Å². The minimum Gasteiger partial charge on any atom is -0.361 e. The molecule has 2 rings (SSSR count). The van der Waals surface area contributed by atoms with Crippen molar-refractivity contribution in [3.05, 3.63) is 17.5 Å². The summed E-state index contributed by atoms with van der Waals surface area (Å²) in [6.45, 7) is 3.11. The van der Waals surface area contributed by atoms with Crippen LogP contribution < -0.4 is 5.32 Å². The number of thioether (sulfide) groups is 2. The van der Waals surface area contributed by atoms with Crippen LogP contribution in [0.15, 0.2) is 10.6 Å². The number of carbonyl (C=O) groups is 1. The molecule has 0 aliphatic carbocycles. The van der Waals surface area contributed by atoms with Crippen molar-refractivity contribution in [3.63, 3.8) is 0 Å². The Morgan fingerprint density at radius 2 is 2.21 bits per heavy atom. The number of aryl methyl sites for hydroxylation is 1. The summed E-state index contributed by atoms with van der Waals surface area (Å²) in [6, 6.07) is 1.84. The highest BCUT2D eigenvalue weighted by Crippen LogP contribution is 2.16. The summed E-state index contributed by atoms with van der Waals surface area (Å²) in [6.07, 6.45) is 0.540. The quantitative estimate of drug-likeness (QED) is 0.893. The maximum atomic E-state index is 11.7. The van der Waals surface area contributed by atoms with Gasteiger partial charge in [-0.25, -0.2) is 0 Å². The zero-order valence-electron chi connectivity index (χ0n) is 11.1. The van der Waals surface area contributed by atoms with Crippen LogP contribution in [0.25, 0.3) is 0 Å². The van der Waals surface area contributed by atoms with Gasteiger partial charge in [0.25, 0.3) is 0 Å². The van der Waals surface area contributed by atoms with Crippen LogP contribution in [-0.4, -0.2) is 45.8 Å². The summed E-state index contributed by atoms with van der Waals surface area (Å²) in [5.74, 6) is 5.31. The fraction of sp³-hybridized carbons (Fsp3) is 0.667. The SMILES string of the molecule is Cc1cc(CNC(=O)CCN2CSCCSC2)no1. The van der Waals surface area contributed by atoms with Gasteiger partial charge in [0.15, 0.2) is 0 Å². The van der Waals surface area contributed by atoms with E-state index >= 15 is 0 Å². The van der Waals surface area contributed by atoms with E-state index in [1.54, 1.807) is 0 Å². The third-order valence-corrected chi connectivity index (χ3v) is 5.06. The van der Waals surface area contributed by atoms with Crippen LogP contribution >= 0.6 is 23.5 Å². The second-order valence-corrected chi connectivity index (χ2v) is 6.57. The van der Waals surface area contributed by atoms with Crippen molar-refractivity contribution in [1.82, 2.24) is 15.4 Å². The molecule has 1 aliphatic heterocycles. The van der Waals surface area contributed by atoms with Crippen molar-refractivity contribution in [2.75, 3.05) is 29.8 Å². The molecule has 5 nitrogen and oxygen atoms in total. The number of nitrogens with zero attached hydrogens (tertiary/aromatic N) is 2. The van der Waals surface area contributed by atoms with E-state index in [1.807, 2.05) is 36.5 Å².